The van der Waals surface area contributed by atoms with Crippen molar-refractivity contribution in [2.75, 3.05) is 6.26 Å². The molecular formula is C36H38F4N4O5S. The Balaban J connectivity index is 1.56. The molecule has 0 saturated carbocycles. The maximum Gasteiger partial charge on any atom is 0.394 e. The van der Waals surface area contributed by atoms with Gasteiger partial charge in [-0.1, -0.05) is 30.3 Å². The molecule has 266 valence electrons. The second-order valence-electron chi connectivity index (χ2n) is 13.3. The normalized spacial score (nSPS) is 20.4. The summed E-state index contributed by atoms with van der Waals surface area (Å²) in [7, 11) is -3.70. The van der Waals surface area contributed by atoms with E-state index in [2.05, 4.69) is 26.5 Å². The maximum atomic E-state index is 17.0. The van der Waals surface area contributed by atoms with Crippen molar-refractivity contribution in [2.45, 2.75) is 81.4 Å². The number of ketones is 1. The van der Waals surface area contributed by atoms with Gasteiger partial charge in [-0.3, -0.25) is 9.78 Å². The molecule has 0 saturated heterocycles. The van der Waals surface area contributed by atoms with Gasteiger partial charge >= 0.3 is 6.11 Å². The van der Waals surface area contributed by atoms with E-state index < -0.39 is 44.1 Å². The predicted molar refractivity (Wildman–Crippen MR) is 179 cm³/mol. The van der Waals surface area contributed by atoms with Crippen molar-refractivity contribution in [3.8, 4) is 28.5 Å². The molecule has 5 rings (SSSR count). The van der Waals surface area contributed by atoms with Crippen LogP contribution in [-0.2, 0) is 31.5 Å². The second-order valence-corrected chi connectivity index (χ2v) is 15.8. The van der Waals surface area contributed by atoms with Crippen LogP contribution in [0.15, 0.2) is 71.8 Å². The smallest absolute Gasteiger partial charge is 0.394 e. The van der Waals surface area contributed by atoms with Crippen molar-refractivity contribution >= 4 is 15.6 Å². The number of Topliss-reactive ketones (excluding diaryl/α,β-unsaturated/α-hetero) is 1. The van der Waals surface area contributed by atoms with E-state index in [1.807, 2.05) is 12.1 Å². The predicted octanol–water partition coefficient (Wildman–Crippen LogP) is 7.36. The zero-order valence-corrected chi connectivity index (χ0v) is 28.9. The van der Waals surface area contributed by atoms with Crippen LogP contribution < -0.4 is 10.5 Å². The molecular weight excluding hydrogens is 676 g/mol. The van der Waals surface area contributed by atoms with Gasteiger partial charge in [0.2, 0.25) is 5.89 Å². The van der Waals surface area contributed by atoms with Gasteiger partial charge in [0.15, 0.2) is 9.84 Å². The molecule has 50 heavy (non-hydrogen) atoms. The van der Waals surface area contributed by atoms with Gasteiger partial charge in [-0.05, 0) is 73.6 Å². The quantitative estimate of drug-likeness (QED) is 0.132. The molecule has 2 unspecified atom stereocenters. The SMILES string of the molecule is C=CCC1(F)C[C@@H](N)C(=O)CCC(Cc2ccc(-c3ccc(OC(C)(F)F)cn3)cc2)c2cc(-c3nnc(C(C)(C)S(C)(=O)=O)o3)c(F)cc21. The van der Waals surface area contributed by atoms with Gasteiger partial charge in [-0.25, -0.2) is 17.2 Å². The number of sulfone groups is 1. The molecule has 14 heteroatoms. The highest BCUT2D eigenvalue weighted by atomic mass is 32.2. The monoisotopic (exact) mass is 714 g/mol. The molecule has 0 radical (unpaired) electrons. The number of aromatic nitrogens is 3. The van der Waals surface area contributed by atoms with Gasteiger partial charge in [0, 0.05) is 38.0 Å². The summed E-state index contributed by atoms with van der Waals surface area (Å²) in [6.45, 7) is 7.09. The van der Waals surface area contributed by atoms with Crippen LogP contribution >= 0.6 is 0 Å². The molecule has 9 nitrogen and oxygen atoms in total. The zero-order chi connectivity index (χ0) is 36.6. The van der Waals surface area contributed by atoms with Gasteiger partial charge < -0.3 is 14.9 Å². The number of rotatable bonds is 10. The highest BCUT2D eigenvalue weighted by Crippen LogP contribution is 2.45. The highest BCUT2D eigenvalue weighted by molar-refractivity contribution is 7.91. The summed E-state index contributed by atoms with van der Waals surface area (Å²) in [6.07, 6.45) is 0.233. The Bertz CT molecular complexity index is 1990. The molecule has 1 aliphatic rings. The molecule has 2 aromatic carbocycles. The van der Waals surface area contributed by atoms with Crippen molar-refractivity contribution in [2.24, 2.45) is 5.73 Å². The summed E-state index contributed by atoms with van der Waals surface area (Å²) in [5.41, 5.74) is 6.23. The molecule has 0 fully saturated rings. The third kappa shape index (κ3) is 7.81. The third-order valence-corrected chi connectivity index (χ3v) is 11.1. The Morgan fingerprint density at radius 1 is 1.12 bits per heavy atom. The topological polar surface area (TPSA) is 138 Å². The number of hydrogen-bond donors (Lipinski definition) is 1. The van der Waals surface area contributed by atoms with E-state index in [4.69, 9.17) is 10.2 Å². The second kappa shape index (κ2) is 13.7. The van der Waals surface area contributed by atoms with Crippen molar-refractivity contribution < 1.29 is 39.9 Å². The van der Waals surface area contributed by atoms with Crippen LogP contribution in [0.5, 0.6) is 5.75 Å². The number of carbonyl (C=O) groups is 1. The van der Waals surface area contributed by atoms with Crippen molar-refractivity contribution in [3.05, 3.63) is 95.8 Å². The fourth-order valence-corrected chi connectivity index (χ4v) is 6.39. The van der Waals surface area contributed by atoms with Gasteiger partial charge in [0.25, 0.3) is 5.89 Å². The molecule has 2 aromatic heterocycles. The number of pyridine rings is 1. The van der Waals surface area contributed by atoms with Gasteiger partial charge in [0.1, 0.15) is 27.8 Å². The Morgan fingerprint density at radius 3 is 2.42 bits per heavy atom. The lowest BCUT2D eigenvalue weighted by Gasteiger charge is -2.30. The first-order valence-electron chi connectivity index (χ1n) is 15.9. The average molecular weight is 715 g/mol. The van der Waals surface area contributed by atoms with E-state index in [0.29, 0.717) is 30.2 Å². The number of ether oxygens (including phenoxy) is 1. The minimum Gasteiger partial charge on any atom is -0.431 e. The summed E-state index contributed by atoms with van der Waals surface area (Å²) in [4.78, 5) is 17.3. The first-order valence-corrected chi connectivity index (χ1v) is 17.8. The summed E-state index contributed by atoms with van der Waals surface area (Å²) in [5, 5.41) is 7.84. The fraction of sp³-hybridized carbons (Fsp3) is 0.389. The number of alkyl halides is 3. The van der Waals surface area contributed by atoms with Crippen molar-refractivity contribution in [1.29, 1.82) is 0 Å². The lowest BCUT2D eigenvalue weighted by atomic mass is 9.78. The molecule has 2 heterocycles. The van der Waals surface area contributed by atoms with E-state index in [1.165, 1.54) is 38.3 Å². The number of carbonyl (C=O) groups excluding carboxylic acids is 1. The van der Waals surface area contributed by atoms with Gasteiger partial charge in [-0.2, -0.15) is 8.78 Å². The molecule has 0 bridgehead atoms. The van der Waals surface area contributed by atoms with E-state index >= 15 is 8.78 Å². The number of fused-ring (bicyclic) bond motifs is 1. The molecule has 0 amide bonds. The number of hydrogen-bond acceptors (Lipinski definition) is 9. The highest BCUT2D eigenvalue weighted by Gasteiger charge is 2.42. The van der Waals surface area contributed by atoms with Crippen LogP contribution in [0.4, 0.5) is 17.6 Å². The Hall–Kier alpha value is -4.43. The van der Waals surface area contributed by atoms with E-state index in [9.17, 15) is 22.0 Å². The summed E-state index contributed by atoms with van der Waals surface area (Å²) in [5.74, 6) is -2.32. The summed E-state index contributed by atoms with van der Waals surface area (Å²) in [6, 6.07) is 11.6. The minimum atomic E-state index is -3.70. The molecule has 3 atom stereocenters. The van der Waals surface area contributed by atoms with Crippen molar-refractivity contribution in [3.63, 3.8) is 0 Å². The number of allylic oxidation sites excluding steroid dienone is 1. The summed E-state index contributed by atoms with van der Waals surface area (Å²) < 4.78 is 92.9. The van der Waals surface area contributed by atoms with Crippen LogP contribution in [0.2, 0.25) is 0 Å². The van der Waals surface area contributed by atoms with Gasteiger partial charge in [0.05, 0.1) is 23.5 Å². The van der Waals surface area contributed by atoms with E-state index in [0.717, 1.165) is 17.9 Å². The van der Waals surface area contributed by atoms with Crippen LogP contribution in [-0.4, -0.2) is 47.8 Å². The minimum absolute atomic E-state index is 0.0193. The zero-order valence-electron chi connectivity index (χ0n) is 28.1. The van der Waals surface area contributed by atoms with E-state index in [-0.39, 0.29) is 60.1 Å². The Kier molecular flexibility index (Phi) is 10.1. The maximum absolute atomic E-state index is 17.0. The molecule has 2 N–H and O–H groups in total. The van der Waals surface area contributed by atoms with Crippen LogP contribution in [0.25, 0.3) is 22.7 Å². The number of nitrogens with two attached hydrogens (primary N) is 1. The number of halogens is 4. The van der Waals surface area contributed by atoms with Crippen LogP contribution in [0.1, 0.15) is 75.0 Å². The third-order valence-electron chi connectivity index (χ3n) is 9.09. The standard InChI is InChI=1S/C36H38F4N4O5S/c1-6-15-36(40)19-29(41)31(45)14-11-23(16-21-7-9-22(10-8-21)30-13-12-24(20-42-30)49-35(4,38)39)25-17-26(28(37)18-27(25)36)32-43-44-33(48-32)34(2,3)50(5,46)47/h6-10,12-13,17-18,20,23,29H,1,11,14-16,19,41H2,2-5H3/t23?,29-,36?/m1/s1. The first kappa shape index (κ1) is 36.8. The van der Waals surface area contributed by atoms with Crippen LogP contribution in [0.3, 0.4) is 0 Å². The molecule has 4 aromatic rings. The average Bonchev–Trinajstić information content (AvgIpc) is 3.54. The van der Waals surface area contributed by atoms with Gasteiger partial charge in [-0.15, -0.1) is 16.8 Å². The number of nitrogens with zero attached hydrogens (tertiary/aromatic N) is 3. The summed E-state index contributed by atoms with van der Waals surface area (Å²) >= 11 is 0. The first-order chi connectivity index (χ1) is 23.3. The van der Waals surface area contributed by atoms with Crippen LogP contribution in [0, 0.1) is 5.82 Å². The molecule has 0 aliphatic heterocycles. The molecule has 0 spiro atoms. The Morgan fingerprint density at radius 2 is 1.82 bits per heavy atom. The lowest BCUT2D eigenvalue weighted by Crippen LogP contribution is -2.37. The number of benzene rings is 2. The van der Waals surface area contributed by atoms with E-state index in [1.54, 1.807) is 18.2 Å². The van der Waals surface area contributed by atoms with Crippen molar-refractivity contribution in [1.82, 2.24) is 15.2 Å². The lowest BCUT2D eigenvalue weighted by molar-refractivity contribution is -0.159. The largest absolute Gasteiger partial charge is 0.431 e. The fourth-order valence-electron chi connectivity index (χ4n) is 5.99. The molecule has 1 aliphatic carbocycles. The Labute approximate surface area is 287 Å².